The van der Waals surface area contributed by atoms with Gasteiger partial charge in [0, 0.05) is 17.1 Å². The Morgan fingerprint density at radius 3 is 1.45 bits per heavy atom. The Labute approximate surface area is 298 Å². The molecule has 0 unspecified atom stereocenters. The van der Waals surface area contributed by atoms with Gasteiger partial charge in [0.25, 0.3) is 0 Å². The van der Waals surface area contributed by atoms with E-state index >= 15 is 0 Å². The third-order valence-electron chi connectivity index (χ3n) is 10.7. The highest BCUT2D eigenvalue weighted by Gasteiger charge is 2.21. The van der Waals surface area contributed by atoms with Crippen LogP contribution >= 0.6 is 0 Å². The van der Waals surface area contributed by atoms with E-state index in [0.29, 0.717) is 0 Å². The molecule has 0 atom stereocenters. The van der Waals surface area contributed by atoms with Crippen molar-refractivity contribution in [2.75, 3.05) is 4.90 Å². The van der Waals surface area contributed by atoms with Gasteiger partial charge in [-0.2, -0.15) is 0 Å². The molecule has 0 radical (unpaired) electrons. The zero-order valence-corrected chi connectivity index (χ0v) is 28.7. The summed E-state index contributed by atoms with van der Waals surface area (Å²) < 4.78 is 0. The van der Waals surface area contributed by atoms with Crippen LogP contribution < -0.4 is 4.90 Å². The van der Waals surface area contributed by atoms with E-state index in [4.69, 9.17) is 0 Å². The number of fused-ring (bicyclic) bond motifs is 2. The van der Waals surface area contributed by atoms with Crippen LogP contribution in [0.1, 0.15) is 11.1 Å². The van der Waals surface area contributed by atoms with Crippen LogP contribution in [0, 0.1) is 13.8 Å². The van der Waals surface area contributed by atoms with Gasteiger partial charge in [0.2, 0.25) is 0 Å². The summed E-state index contributed by atoms with van der Waals surface area (Å²) >= 11 is 0. The lowest BCUT2D eigenvalue weighted by molar-refractivity contribution is 1.28. The molecule has 51 heavy (non-hydrogen) atoms. The molecule has 1 nitrogen and oxygen atoms in total. The summed E-state index contributed by atoms with van der Waals surface area (Å²) in [5, 5.41) is 13.0. The number of nitrogens with zero attached hydrogens (tertiary/aromatic N) is 1. The quantitative estimate of drug-likeness (QED) is 0.132. The first-order valence-corrected chi connectivity index (χ1v) is 17.8. The van der Waals surface area contributed by atoms with E-state index in [1.807, 2.05) is 0 Å². The van der Waals surface area contributed by atoms with E-state index < -0.39 is 0 Å². The van der Waals surface area contributed by atoms with Gasteiger partial charge in [-0.05, 0) is 137 Å². The van der Waals surface area contributed by atoms with Gasteiger partial charge < -0.3 is 4.90 Å². The van der Waals surface area contributed by atoms with Crippen LogP contribution in [-0.4, -0.2) is 0 Å². The van der Waals surface area contributed by atoms with Crippen molar-refractivity contribution in [1.82, 2.24) is 0 Å². The lowest BCUT2D eigenvalue weighted by Crippen LogP contribution is -2.09. The van der Waals surface area contributed by atoms with E-state index in [9.17, 15) is 0 Å². The fourth-order valence-electron chi connectivity index (χ4n) is 8.59. The molecule has 0 saturated heterocycles. The average Bonchev–Trinajstić information content (AvgIpc) is 3.17. The van der Waals surface area contributed by atoms with Gasteiger partial charge >= 0.3 is 0 Å². The largest absolute Gasteiger partial charge is 0.310 e. The van der Waals surface area contributed by atoms with Crippen LogP contribution in [0.3, 0.4) is 0 Å². The first-order valence-electron chi connectivity index (χ1n) is 17.8. The first kappa shape index (κ1) is 29.5. The molecular formula is C50H35N. The molecule has 1 heteroatoms. The van der Waals surface area contributed by atoms with Crippen molar-refractivity contribution in [3.05, 3.63) is 187 Å². The number of rotatable bonds is 5. The minimum absolute atomic E-state index is 1.12. The fourth-order valence-corrected chi connectivity index (χ4v) is 8.59. The van der Waals surface area contributed by atoms with Crippen LogP contribution in [0.15, 0.2) is 176 Å². The molecule has 240 valence electrons. The van der Waals surface area contributed by atoms with Crippen molar-refractivity contribution in [1.29, 1.82) is 0 Å². The summed E-state index contributed by atoms with van der Waals surface area (Å²) in [7, 11) is 0. The zero-order valence-electron chi connectivity index (χ0n) is 28.7. The van der Waals surface area contributed by atoms with Gasteiger partial charge in [-0.1, -0.05) is 140 Å². The molecule has 0 amide bonds. The third-order valence-corrected chi connectivity index (χ3v) is 10.7. The van der Waals surface area contributed by atoms with E-state index in [0.717, 1.165) is 17.1 Å². The average molecular weight is 650 g/mol. The van der Waals surface area contributed by atoms with Crippen molar-refractivity contribution in [2.24, 2.45) is 0 Å². The predicted molar refractivity (Wildman–Crippen MR) is 220 cm³/mol. The Kier molecular flexibility index (Phi) is 6.69. The van der Waals surface area contributed by atoms with Gasteiger partial charge in [-0.15, -0.1) is 0 Å². The maximum atomic E-state index is 2.43. The second-order valence-electron chi connectivity index (χ2n) is 13.8. The number of hydrogen-bond acceptors (Lipinski definition) is 1. The molecular weight excluding hydrogens is 615 g/mol. The van der Waals surface area contributed by atoms with Gasteiger partial charge in [-0.25, -0.2) is 0 Å². The highest BCUT2D eigenvalue weighted by molar-refractivity contribution is 6.30. The molecule has 0 heterocycles. The van der Waals surface area contributed by atoms with Crippen LogP contribution in [0.5, 0.6) is 0 Å². The molecule has 0 N–H and O–H groups in total. The first-order chi connectivity index (χ1) is 25.1. The number of para-hydroxylation sites is 2. The van der Waals surface area contributed by atoms with Crippen molar-refractivity contribution in [2.45, 2.75) is 13.8 Å². The van der Waals surface area contributed by atoms with Crippen LogP contribution in [0.2, 0.25) is 0 Å². The Morgan fingerprint density at radius 2 is 0.863 bits per heavy atom. The Balaban J connectivity index is 1.26. The van der Waals surface area contributed by atoms with Gasteiger partial charge in [0.05, 0.1) is 0 Å². The standard InChI is InChI=1S/C50H35N/c1-32-28-35-24-26-40-33(2)30-46(45-27-25-36(29-32)47(35)50(40)45)49-43-22-11-9-20-41(43)48(42-21-10-12-23-44(42)49)34-14-13-19-39(31-34)51(37-15-5-3-6-16-37)38-17-7-4-8-18-38/h3-31H,1-2H3. The minimum Gasteiger partial charge on any atom is -0.310 e. The van der Waals surface area contributed by atoms with Crippen molar-refractivity contribution < 1.29 is 0 Å². The van der Waals surface area contributed by atoms with Crippen molar-refractivity contribution in [3.8, 4) is 22.3 Å². The highest BCUT2D eigenvalue weighted by Crippen LogP contribution is 2.48. The molecule has 0 bridgehead atoms. The summed E-state index contributed by atoms with van der Waals surface area (Å²) in [5.74, 6) is 0. The zero-order chi connectivity index (χ0) is 34.1. The maximum Gasteiger partial charge on any atom is 0.0467 e. The molecule has 0 saturated carbocycles. The van der Waals surface area contributed by atoms with E-state index in [1.165, 1.54) is 87.2 Å². The van der Waals surface area contributed by atoms with Gasteiger partial charge in [0.1, 0.15) is 0 Å². The molecule has 10 aromatic rings. The maximum absolute atomic E-state index is 2.43. The summed E-state index contributed by atoms with van der Waals surface area (Å²) in [6, 6.07) is 64.8. The fraction of sp³-hybridized carbons (Fsp3) is 0.0400. The molecule has 0 spiro atoms. The molecule has 0 aliphatic rings. The van der Waals surface area contributed by atoms with E-state index in [-0.39, 0.29) is 0 Å². The molecule has 0 fully saturated rings. The summed E-state index contributed by atoms with van der Waals surface area (Å²) in [6.07, 6.45) is 0. The topological polar surface area (TPSA) is 3.24 Å². The highest BCUT2D eigenvalue weighted by atomic mass is 15.1. The van der Waals surface area contributed by atoms with Crippen molar-refractivity contribution >= 4 is 70.9 Å². The van der Waals surface area contributed by atoms with Crippen LogP contribution in [0.4, 0.5) is 17.1 Å². The normalized spacial score (nSPS) is 11.7. The monoisotopic (exact) mass is 649 g/mol. The third kappa shape index (κ3) is 4.62. The molecule has 0 aliphatic carbocycles. The Morgan fingerprint density at radius 1 is 0.353 bits per heavy atom. The lowest BCUT2D eigenvalue weighted by atomic mass is 9.82. The second kappa shape index (κ2) is 11.6. The summed E-state index contributed by atoms with van der Waals surface area (Å²) in [5.41, 5.74) is 11.0. The predicted octanol–water partition coefficient (Wildman–Crippen LogP) is 14.3. The van der Waals surface area contributed by atoms with Gasteiger partial charge in [0.15, 0.2) is 0 Å². The second-order valence-corrected chi connectivity index (χ2v) is 13.8. The molecule has 10 aromatic carbocycles. The van der Waals surface area contributed by atoms with Crippen molar-refractivity contribution in [3.63, 3.8) is 0 Å². The van der Waals surface area contributed by atoms with Gasteiger partial charge in [-0.3, -0.25) is 0 Å². The number of benzene rings is 10. The summed E-state index contributed by atoms with van der Waals surface area (Å²) in [4.78, 5) is 2.34. The number of aryl methyl sites for hydroxylation is 2. The Hall–Kier alpha value is -6.44. The Bertz CT molecular complexity index is 2810. The van der Waals surface area contributed by atoms with E-state index in [1.54, 1.807) is 0 Å². The van der Waals surface area contributed by atoms with E-state index in [2.05, 4.69) is 195 Å². The minimum atomic E-state index is 1.12. The van der Waals surface area contributed by atoms with Crippen LogP contribution in [0.25, 0.3) is 76.1 Å². The molecule has 10 rings (SSSR count). The molecule has 0 aromatic heterocycles. The smallest absolute Gasteiger partial charge is 0.0467 e. The number of hydrogen-bond donors (Lipinski definition) is 0. The SMILES string of the molecule is Cc1cc2ccc3c(C)cc(-c4c5ccccc5c(-c5cccc(N(c6ccccc6)c6ccccc6)c5)c5ccccc45)c4ccc(c1)c2c34. The molecule has 0 aliphatic heterocycles. The number of anilines is 3. The lowest BCUT2D eigenvalue weighted by Gasteiger charge is -2.26. The van der Waals surface area contributed by atoms with Crippen LogP contribution in [-0.2, 0) is 0 Å². The summed E-state index contributed by atoms with van der Waals surface area (Å²) in [6.45, 7) is 4.47.